The van der Waals surface area contributed by atoms with Crippen LogP contribution in [0.5, 0.6) is 0 Å². The maximum atomic E-state index is 12.3. The summed E-state index contributed by atoms with van der Waals surface area (Å²) in [6, 6.07) is 13.6. The van der Waals surface area contributed by atoms with Crippen molar-refractivity contribution in [1.29, 1.82) is 0 Å². The number of benzene rings is 2. The Morgan fingerprint density at radius 3 is 2.32 bits per heavy atom. The molecule has 1 amide bonds. The summed E-state index contributed by atoms with van der Waals surface area (Å²) in [6.07, 6.45) is 0. The average molecular weight is 383 g/mol. The van der Waals surface area contributed by atoms with E-state index in [4.69, 9.17) is 5.73 Å². The molecule has 136 valence electrons. The third-order valence-corrected chi connectivity index (χ3v) is 6.26. The van der Waals surface area contributed by atoms with Crippen molar-refractivity contribution in [3.63, 3.8) is 0 Å². The molecule has 3 N–H and O–H groups in total. The molecule has 0 unspecified atom stereocenters. The molecule has 2 aromatic rings. The van der Waals surface area contributed by atoms with Crippen molar-refractivity contribution >= 4 is 39.5 Å². The Morgan fingerprint density at radius 2 is 1.72 bits per heavy atom. The van der Waals surface area contributed by atoms with Crippen LogP contribution in [-0.4, -0.2) is 19.1 Å². The number of hydrogen-bond acceptors (Lipinski definition) is 4. The Hall–Kier alpha value is -2.05. The molecule has 0 fully saturated rings. The summed E-state index contributed by atoms with van der Waals surface area (Å²) < 4.78 is 23.8. The van der Waals surface area contributed by atoms with Gasteiger partial charge in [0, 0.05) is 11.4 Å². The maximum absolute atomic E-state index is 12.3. The minimum Gasteiger partial charge on any atom is -0.398 e. The van der Waals surface area contributed by atoms with Gasteiger partial charge in [-0.25, -0.2) is 8.42 Å². The lowest BCUT2D eigenvalue weighted by Crippen LogP contribution is -2.29. The van der Waals surface area contributed by atoms with Crippen LogP contribution in [0.3, 0.4) is 0 Å². The summed E-state index contributed by atoms with van der Waals surface area (Å²) >= 11 is 0. The highest BCUT2D eigenvalue weighted by molar-refractivity contribution is 7.91. The zero-order valence-corrected chi connectivity index (χ0v) is 16.1. The monoisotopic (exact) mass is 382 g/mol. The number of carbonyl (C=O) groups excluding carboxylic acids is 1. The van der Waals surface area contributed by atoms with Crippen molar-refractivity contribution in [3.05, 3.63) is 59.7 Å². The van der Waals surface area contributed by atoms with Crippen LogP contribution in [-0.2, 0) is 15.6 Å². The third kappa shape index (κ3) is 5.21. The van der Waals surface area contributed by atoms with Gasteiger partial charge in [-0.05, 0) is 50.6 Å². The molecular weight excluding hydrogens is 360 g/mol. The summed E-state index contributed by atoms with van der Waals surface area (Å²) in [4.78, 5) is 12.3. The van der Waals surface area contributed by atoms with Crippen molar-refractivity contribution in [2.45, 2.75) is 31.3 Å². The van der Waals surface area contributed by atoms with Gasteiger partial charge in [-0.15, -0.1) is 12.4 Å². The number of para-hydroxylation sites is 1. The average Bonchev–Trinajstić information content (AvgIpc) is 2.46. The van der Waals surface area contributed by atoms with Crippen LogP contribution in [0, 0.1) is 0 Å². The number of halogens is 1. The van der Waals surface area contributed by atoms with E-state index >= 15 is 0 Å². The second-order valence-corrected chi connectivity index (χ2v) is 9.36. The van der Waals surface area contributed by atoms with E-state index in [2.05, 4.69) is 5.32 Å². The first-order valence-electron chi connectivity index (χ1n) is 7.57. The highest BCUT2D eigenvalue weighted by atomic mass is 35.5. The predicted octanol–water partition coefficient (Wildman–Crippen LogP) is 3.66. The van der Waals surface area contributed by atoms with Gasteiger partial charge in [-0.3, -0.25) is 4.79 Å². The topological polar surface area (TPSA) is 89.3 Å². The van der Waals surface area contributed by atoms with Gasteiger partial charge in [0.25, 0.3) is 5.91 Å². The van der Waals surface area contributed by atoms with Crippen molar-refractivity contribution < 1.29 is 13.2 Å². The van der Waals surface area contributed by atoms with Crippen LogP contribution in [0.15, 0.2) is 48.5 Å². The smallest absolute Gasteiger partial charge is 0.257 e. The second-order valence-electron chi connectivity index (χ2n) is 6.61. The first kappa shape index (κ1) is 21.0. The van der Waals surface area contributed by atoms with Gasteiger partial charge in [-0.2, -0.15) is 0 Å². The SMILES string of the molecule is CC(C)(C)S(=O)(=O)Cc1cccc(NC(=O)c2ccccc2N)c1.Cl. The fraction of sp³-hybridized carbons (Fsp3) is 0.278. The molecule has 0 saturated heterocycles. The molecule has 0 aliphatic heterocycles. The van der Waals surface area contributed by atoms with E-state index < -0.39 is 14.6 Å². The van der Waals surface area contributed by atoms with Gasteiger partial charge in [0.1, 0.15) is 0 Å². The van der Waals surface area contributed by atoms with Crippen LogP contribution >= 0.6 is 12.4 Å². The van der Waals surface area contributed by atoms with E-state index in [0.29, 0.717) is 22.5 Å². The van der Waals surface area contributed by atoms with Crippen LogP contribution in [0.25, 0.3) is 0 Å². The molecule has 0 saturated carbocycles. The summed E-state index contributed by atoms with van der Waals surface area (Å²) in [5.74, 6) is -0.405. The number of anilines is 2. The lowest BCUT2D eigenvalue weighted by molar-refractivity contribution is 0.102. The van der Waals surface area contributed by atoms with Crippen molar-refractivity contribution in [2.24, 2.45) is 0 Å². The van der Waals surface area contributed by atoms with Gasteiger partial charge >= 0.3 is 0 Å². The van der Waals surface area contributed by atoms with E-state index in [0.717, 1.165) is 0 Å². The molecule has 0 atom stereocenters. The minimum absolute atomic E-state index is 0. The van der Waals surface area contributed by atoms with Crippen LogP contribution in [0.2, 0.25) is 0 Å². The molecule has 0 heterocycles. The van der Waals surface area contributed by atoms with E-state index in [-0.39, 0.29) is 24.1 Å². The molecular formula is C18H23ClN2O3S. The van der Waals surface area contributed by atoms with E-state index in [1.165, 1.54) is 0 Å². The number of rotatable bonds is 4. The number of nitrogens with two attached hydrogens (primary N) is 1. The summed E-state index contributed by atoms with van der Waals surface area (Å²) in [7, 11) is -3.29. The van der Waals surface area contributed by atoms with Crippen LogP contribution in [0.4, 0.5) is 11.4 Å². The largest absolute Gasteiger partial charge is 0.398 e. The molecule has 0 aliphatic carbocycles. The molecule has 0 spiro atoms. The zero-order chi connectivity index (χ0) is 18.0. The number of nitrogen functional groups attached to an aromatic ring is 1. The molecule has 0 radical (unpaired) electrons. The Balaban J connectivity index is 0.00000312. The van der Waals surface area contributed by atoms with Crippen molar-refractivity contribution in [1.82, 2.24) is 0 Å². The molecule has 0 aliphatic rings. The highest BCUT2D eigenvalue weighted by Gasteiger charge is 2.29. The summed E-state index contributed by atoms with van der Waals surface area (Å²) in [5.41, 5.74) is 7.73. The number of carbonyl (C=O) groups is 1. The van der Waals surface area contributed by atoms with E-state index in [9.17, 15) is 13.2 Å². The highest BCUT2D eigenvalue weighted by Crippen LogP contribution is 2.22. The molecule has 0 aromatic heterocycles. The Morgan fingerprint density at radius 1 is 1.08 bits per heavy atom. The Kier molecular flexibility index (Phi) is 6.62. The lowest BCUT2D eigenvalue weighted by Gasteiger charge is -2.19. The van der Waals surface area contributed by atoms with E-state index in [1.54, 1.807) is 69.3 Å². The second kappa shape index (κ2) is 7.89. The van der Waals surface area contributed by atoms with Gasteiger partial charge in [0.2, 0.25) is 0 Å². The molecule has 25 heavy (non-hydrogen) atoms. The number of hydrogen-bond donors (Lipinski definition) is 2. The molecule has 7 heteroatoms. The summed E-state index contributed by atoms with van der Waals surface area (Å²) in [5, 5.41) is 2.75. The number of amides is 1. The third-order valence-electron chi connectivity index (χ3n) is 3.68. The molecule has 0 bridgehead atoms. The molecule has 2 rings (SSSR count). The van der Waals surface area contributed by atoms with Crippen molar-refractivity contribution in [3.8, 4) is 0 Å². The first-order chi connectivity index (χ1) is 11.1. The van der Waals surface area contributed by atoms with E-state index in [1.807, 2.05) is 0 Å². The van der Waals surface area contributed by atoms with Crippen LogP contribution < -0.4 is 11.1 Å². The van der Waals surface area contributed by atoms with Crippen molar-refractivity contribution in [2.75, 3.05) is 11.1 Å². The fourth-order valence-electron chi connectivity index (χ4n) is 2.08. The normalized spacial score (nSPS) is 11.5. The van der Waals surface area contributed by atoms with Gasteiger partial charge in [0.05, 0.1) is 16.1 Å². The standard InChI is InChI=1S/C18H22N2O3S.ClH/c1-18(2,3)24(22,23)12-13-7-6-8-14(11-13)20-17(21)15-9-4-5-10-16(15)19;/h4-11H,12,19H2,1-3H3,(H,20,21);1H. The zero-order valence-electron chi connectivity index (χ0n) is 14.4. The molecule has 2 aromatic carbocycles. The number of nitrogens with one attached hydrogen (secondary N) is 1. The molecule has 5 nitrogen and oxygen atoms in total. The Labute approximate surface area is 155 Å². The van der Waals surface area contributed by atoms with Gasteiger partial charge < -0.3 is 11.1 Å². The van der Waals surface area contributed by atoms with Crippen LogP contribution in [0.1, 0.15) is 36.7 Å². The van der Waals surface area contributed by atoms with Gasteiger partial charge in [0.15, 0.2) is 9.84 Å². The van der Waals surface area contributed by atoms with Gasteiger partial charge in [-0.1, -0.05) is 24.3 Å². The quantitative estimate of drug-likeness (QED) is 0.789. The fourth-order valence-corrected chi connectivity index (χ4v) is 3.13. The predicted molar refractivity (Wildman–Crippen MR) is 105 cm³/mol. The summed E-state index contributed by atoms with van der Waals surface area (Å²) in [6.45, 7) is 5.02. The lowest BCUT2D eigenvalue weighted by atomic mass is 10.1. The maximum Gasteiger partial charge on any atom is 0.257 e. The minimum atomic E-state index is -3.29. The first-order valence-corrected chi connectivity index (χ1v) is 9.22. The Bertz CT molecular complexity index is 859. The number of sulfone groups is 1.